The SMILES string of the molecule is Cn1cc(-c2ccc(Cl)cc2)cnc1=O. The van der Waals surface area contributed by atoms with Gasteiger partial charge in [0.1, 0.15) is 0 Å². The molecule has 0 radical (unpaired) electrons. The molecule has 0 aliphatic carbocycles. The minimum atomic E-state index is -0.257. The highest BCUT2D eigenvalue weighted by atomic mass is 35.5. The maximum atomic E-state index is 11.1. The number of aromatic nitrogens is 2. The van der Waals surface area contributed by atoms with Crippen LogP contribution in [0.25, 0.3) is 11.1 Å². The molecule has 4 heteroatoms. The number of aryl methyl sites for hydroxylation is 1. The monoisotopic (exact) mass is 220 g/mol. The Kier molecular flexibility index (Phi) is 2.56. The minimum Gasteiger partial charge on any atom is -0.302 e. The fourth-order valence-corrected chi connectivity index (χ4v) is 1.43. The van der Waals surface area contributed by atoms with Crippen molar-refractivity contribution >= 4 is 11.6 Å². The van der Waals surface area contributed by atoms with Gasteiger partial charge >= 0.3 is 5.69 Å². The molecule has 0 spiro atoms. The molecule has 1 aromatic carbocycles. The summed E-state index contributed by atoms with van der Waals surface area (Å²) in [7, 11) is 1.68. The highest BCUT2D eigenvalue weighted by molar-refractivity contribution is 6.30. The van der Waals surface area contributed by atoms with Crippen molar-refractivity contribution in [2.45, 2.75) is 0 Å². The van der Waals surface area contributed by atoms with Crippen LogP contribution in [-0.2, 0) is 7.05 Å². The number of rotatable bonds is 1. The molecule has 1 heterocycles. The van der Waals surface area contributed by atoms with Crippen molar-refractivity contribution in [2.24, 2.45) is 7.05 Å². The van der Waals surface area contributed by atoms with Crippen LogP contribution in [0.5, 0.6) is 0 Å². The van der Waals surface area contributed by atoms with E-state index in [2.05, 4.69) is 4.98 Å². The van der Waals surface area contributed by atoms with E-state index in [1.807, 2.05) is 24.3 Å². The van der Waals surface area contributed by atoms with Crippen LogP contribution in [0.4, 0.5) is 0 Å². The molecule has 0 amide bonds. The van der Waals surface area contributed by atoms with Crippen molar-refractivity contribution in [1.82, 2.24) is 9.55 Å². The molecule has 0 unspecified atom stereocenters. The zero-order valence-corrected chi connectivity index (χ0v) is 8.90. The predicted octanol–water partition coefficient (Wildman–Crippen LogP) is 2.10. The summed E-state index contributed by atoms with van der Waals surface area (Å²) < 4.78 is 1.45. The van der Waals surface area contributed by atoms with Gasteiger partial charge in [0.15, 0.2) is 0 Å². The van der Waals surface area contributed by atoms with Crippen LogP contribution in [0.1, 0.15) is 0 Å². The Hall–Kier alpha value is -1.61. The Labute approximate surface area is 92.0 Å². The zero-order chi connectivity index (χ0) is 10.8. The zero-order valence-electron chi connectivity index (χ0n) is 8.14. The molecule has 0 atom stereocenters. The highest BCUT2D eigenvalue weighted by Crippen LogP contribution is 2.19. The van der Waals surface area contributed by atoms with Crippen LogP contribution < -0.4 is 5.69 Å². The maximum Gasteiger partial charge on any atom is 0.347 e. The van der Waals surface area contributed by atoms with E-state index in [1.165, 1.54) is 4.57 Å². The Balaban J connectivity index is 2.50. The van der Waals surface area contributed by atoms with Gasteiger partial charge in [0, 0.05) is 30.0 Å². The first-order chi connectivity index (χ1) is 7.16. The summed E-state index contributed by atoms with van der Waals surface area (Å²) in [5, 5.41) is 0.691. The van der Waals surface area contributed by atoms with Gasteiger partial charge in [0.2, 0.25) is 0 Å². The number of halogens is 1. The highest BCUT2D eigenvalue weighted by Gasteiger charge is 1.99. The van der Waals surface area contributed by atoms with E-state index >= 15 is 0 Å². The Bertz CT molecular complexity index is 531. The maximum absolute atomic E-state index is 11.1. The van der Waals surface area contributed by atoms with Gasteiger partial charge in [-0.3, -0.25) is 0 Å². The van der Waals surface area contributed by atoms with Gasteiger partial charge in [0.05, 0.1) is 0 Å². The average molecular weight is 221 g/mol. The van der Waals surface area contributed by atoms with Gasteiger partial charge in [-0.05, 0) is 17.7 Å². The Morgan fingerprint density at radius 2 is 1.87 bits per heavy atom. The molecule has 0 N–H and O–H groups in total. The summed E-state index contributed by atoms with van der Waals surface area (Å²) >= 11 is 5.78. The van der Waals surface area contributed by atoms with E-state index in [0.29, 0.717) is 5.02 Å². The number of hydrogen-bond acceptors (Lipinski definition) is 2. The van der Waals surface area contributed by atoms with Crippen molar-refractivity contribution < 1.29 is 0 Å². The number of hydrogen-bond donors (Lipinski definition) is 0. The topological polar surface area (TPSA) is 34.9 Å². The third kappa shape index (κ3) is 2.07. The smallest absolute Gasteiger partial charge is 0.302 e. The Morgan fingerprint density at radius 3 is 2.47 bits per heavy atom. The lowest BCUT2D eigenvalue weighted by atomic mass is 10.1. The summed E-state index contributed by atoms with van der Waals surface area (Å²) in [4.78, 5) is 14.8. The normalized spacial score (nSPS) is 10.3. The summed E-state index contributed by atoms with van der Waals surface area (Å²) in [6, 6.07) is 7.40. The molecule has 0 aliphatic heterocycles. The third-order valence-corrected chi connectivity index (χ3v) is 2.38. The van der Waals surface area contributed by atoms with Crippen LogP contribution in [0.2, 0.25) is 5.02 Å². The molecular formula is C11H9ClN2O. The van der Waals surface area contributed by atoms with E-state index in [4.69, 9.17) is 11.6 Å². The van der Waals surface area contributed by atoms with Crippen molar-refractivity contribution in [2.75, 3.05) is 0 Å². The molecule has 0 bridgehead atoms. The first-order valence-corrected chi connectivity index (χ1v) is 4.83. The lowest BCUT2D eigenvalue weighted by molar-refractivity contribution is 0.812. The van der Waals surface area contributed by atoms with Gasteiger partial charge in [-0.2, -0.15) is 0 Å². The second-order valence-corrected chi connectivity index (χ2v) is 3.68. The van der Waals surface area contributed by atoms with E-state index in [-0.39, 0.29) is 5.69 Å². The van der Waals surface area contributed by atoms with Crippen molar-refractivity contribution in [1.29, 1.82) is 0 Å². The third-order valence-electron chi connectivity index (χ3n) is 2.13. The van der Waals surface area contributed by atoms with Crippen LogP contribution in [0.15, 0.2) is 41.5 Å². The van der Waals surface area contributed by atoms with E-state index in [1.54, 1.807) is 19.4 Å². The van der Waals surface area contributed by atoms with Crippen molar-refractivity contribution in [3.05, 3.63) is 52.2 Å². The molecule has 2 rings (SSSR count). The number of benzene rings is 1. The molecule has 0 saturated carbocycles. The quantitative estimate of drug-likeness (QED) is 0.738. The molecule has 3 nitrogen and oxygen atoms in total. The van der Waals surface area contributed by atoms with Crippen LogP contribution in [0.3, 0.4) is 0 Å². The standard InChI is InChI=1S/C11H9ClN2O/c1-14-7-9(6-13-11(14)15)8-2-4-10(12)5-3-8/h2-7H,1H3. The van der Waals surface area contributed by atoms with Gasteiger partial charge in [-0.1, -0.05) is 23.7 Å². The summed E-state index contributed by atoms with van der Waals surface area (Å²) in [6.07, 6.45) is 3.31. The Morgan fingerprint density at radius 1 is 1.20 bits per heavy atom. The number of nitrogens with zero attached hydrogens (tertiary/aromatic N) is 2. The molecular weight excluding hydrogens is 212 g/mol. The first-order valence-electron chi connectivity index (χ1n) is 4.45. The van der Waals surface area contributed by atoms with Gasteiger partial charge in [-0.15, -0.1) is 0 Å². The van der Waals surface area contributed by atoms with Crippen LogP contribution >= 0.6 is 11.6 Å². The van der Waals surface area contributed by atoms with Gasteiger partial charge in [0.25, 0.3) is 0 Å². The van der Waals surface area contributed by atoms with Crippen LogP contribution in [0, 0.1) is 0 Å². The van der Waals surface area contributed by atoms with Gasteiger partial charge in [-0.25, -0.2) is 9.78 Å². The lowest BCUT2D eigenvalue weighted by Gasteiger charge is -2.02. The second-order valence-electron chi connectivity index (χ2n) is 3.24. The van der Waals surface area contributed by atoms with Crippen LogP contribution in [-0.4, -0.2) is 9.55 Å². The fourth-order valence-electron chi connectivity index (χ4n) is 1.30. The summed E-state index contributed by atoms with van der Waals surface area (Å²) in [5.74, 6) is 0. The van der Waals surface area contributed by atoms with Crippen molar-refractivity contribution in [3.8, 4) is 11.1 Å². The van der Waals surface area contributed by atoms with E-state index in [9.17, 15) is 4.79 Å². The van der Waals surface area contributed by atoms with Crippen molar-refractivity contribution in [3.63, 3.8) is 0 Å². The summed E-state index contributed by atoms with van der Waals surface area (Å²) in [6.45, 7) is 0. The second kappa shape index (κ2) is 3.87. The molecule has 0 fully saturated rings. The largest absolute Gasteiger partial charge is 0.347 e. The first kappa shape index (κ1) is 9.93. The van der Waals surface area contributed by atoms with Gasteiger partial charge < -0.3 is 4.57 Å². The molecule has 15 heavy (non-hydrogen) atoms. The molecule has 2 aromatic rings. The summed E-state index contributed by atoms with van der Waals surface area (Å²) in [5.41, 5.74) is 1.63. The predicted molar refractivity (Wildman–Crippen MR) is 59.9 cm³/mol. The minimum absolute atomic E-state index is 0.257. The fraction of sp³-hybridized carbons (Fsp3) is 0.0909. The molecule has 76 valence electrons. The molecule has 1 aromatic heterocycles. The molecule has 0 aliphatic rings. The lowest BCUT2D eigenvalue weighted by Crippen LogP contribution is -2.18. The van der Waals surface area contributed by atoms with E-state index in [0.717, 1.165) is 11.1 Å². The molecule has 0 saturated heterocycles. The average Bonchev–Trinajstić information content (AvgIpc) is 2.23. The van der Waals surface area contributed by atoms with E-state index < -0.39 is 0 Å².